The van der Waals surface area contributed by atoms with Gasteiger partial charge in [0, 0.05) is 0 Å². The van der Waals surface area contributed by atoms with Crippen LogP contribution in [0.1, 0.15) is 5.69 Å². The predicted molar refractivity (Wildman–Crippen MR) is 71.0 cm³/mol. The number of hydrogen-bond donors (Lipinski definition) is 2. The fourth-order valence-electron chi connectivity index (χ4n) is 1.72. The number of nitrogens with one attached hydrogen (secondary N) is 1. The molecule has 0 saturated carbocycles. The maximum atomic E-state index is 9.68. The first-order chi connectivity index (χ1) is 8.76. The topological polar surface area (TPSA) is 73.6 Å². The van der Waals surface area contributed by atoms with E-state index in [0.29, 0.717) is 10.9 Å². The van der Waals surface area contributed by atoms with Crippen molar-refractivity contribution in [2.75, 3.05) is 6.26 Å². The number of nitrogens with zero attached hydrogens (tertiary/aromatic N) is 3. The Morgan fingerprint density at radius 3 is 3.06 bits per heavy atom. The molecule has 0 atom stereocenters. The van der Waals surface area contributed by atoms with Gasteiger partial charge in [-0.05, 0) is 29.7 Å². The van der Waals surface area contributed by atoms with Crippen LogP contribution >= 0.6 is 11.8 Å². The molecule has 2 N–H and O–H groups in total. The maximum Gasteiger partial charge on any atom is 0.237 e. The quantitative estimate of drug-likeness (QED) is 0.788. The highest BCUT2D eigenvalue weighted by Gasteiger charge is 2.05. The number of aromatic hydroxyl groups is 1. The second-order valence-electron chi connectivity index (χ2n) is 3.75. The van der Waals surface area contributed by atoms with Gasteiger partial charge in [-0.25, -0.2) is 9.98 Å². The van der Waals surface area contributed by atoms with Crippen LogP contribution in [0.25, 0.3) is 6.08 Å². The lowest BCUT2D eigenvalue weighted by molar-refractivity contribution is 0.453. The maximum absolute atomic E-state index is 9.68. The lowest BCUT2D eigenvalue weighted by atomic mass is 10.2. The minimum Gasteiger partial charge on any atom is -0.492 e. The van der Waals surface area contributed by atoms with E-state index in [9.17, 15) is 5.11 Å². The number of H-pyrrole nitrogens is 1. The zero-order valence-corrected chi connectivity index (χ0v) is 10.4. The summed E-state index contributed by atoms with van der Waals surface area (Å²) in [6.45, 7) is 0. The van der Waals surface area contributed by atoms with Crippen LogP contribution < -0.4 is 10.6 Å². The second kappa shape index (κ2) is 4.30. The SMILES string of the molecule is CSc1nc(O)c(/C=c2\ccc3c(c2)N=CN=3)[nH]1. The van der Waals surface area contributed by atoms with Crippen molar-refractivity contribution in [3.05, 3.63) is 34.5 Å². The Morgan fingerprint density at radius 2 is 2.28 bits per heavy atom. The molecule has 0 unspecified atom stereocenters. The van der Waals surface area contributed by atoms with Crippen LogP contribution in [0.5, 0.6) is 5.88 Å². The molecule has 90 valence electrons. The van der Waals surface area contributed by atoms with Crippen LogP contribution in [-0.2, 0) is 0 Å². The molecule has 1 aliphatic heterocycles. The molecule has 1 aromatic carbocycles. The zero-order chi connectivity index (χ0) is 12.5. The Morgan fingerprint density at radius 1 is 1.39 bits per heavy atom. The molecule has 0 saturated heterocycles. The van der Waals surface area contributed by atoms with E-state index in [-0.39, 0.29) is 5.88 Å². The van der Waals surface area contributed by atoms with Crippen LogP contribution in [0, 0.1) is 0 Å². The third-order valence-electron chi connectivity index (χ3n) is 2.59. The number of imidazole rings is 1. The van der Waals surface area contributed by atoms with E-state index in [2.05, 4.69) is 20.0 Å². The van der Waals surface area contributed by atoms with E-state index in [1.54, 1.807) is 0 Å². The lowest BCUT2D eigenvalue weighted by Gasteiger charge is -1.91. The van der Waals surface area contributed by atoms with Crippen molar-refractivity contribution in [3.63, 3.8) is 0 Å². The van der Waals surface area contributed by atoms with Crippen LogP contribution in [0.3, 0.4) is 0 Å². The van der Waals surface area contributed by atoms with E-state index < -0.39 is 0 Å². The number of rotatable bonds is 2. The first-order valence-corrected chi connectivity index (χ1v) is 6.54. The normalized spacial score (nSPS) is 13.7. The van der Waals surface area contributed by atoms with Crippen LogP contribution in [-0.4, -0.2) is 27.7 Å². The van der Waals surface area contributed by atoms with Gasteiger partial charge < -0.3 is 10.1 Å². The molecule has 0 fully saturated rings. The van der Waals surface area contributed by atoms with Crippen molar-refractivity contribution in [2.45, 2.75) is 5.16 Å². The Labute approximate surface area is 107 Å². The van der Waals surface area contributed by atoms with E-state index in [1.807, 2.05) is 30.5 Å². The zero-order valence-electron chi connectivity index (χ0n) is 9.58. The molecule has 0 bridgehead atoms. The standard InChI is InChI=1S/C12H10N4OS/c1-18-12-15-10(11(17)16-12)5-7-2-3-8-9(4-7)14-6-13-8/h2-6,17H,1H3,(H,15,16)/b7-5+. The summed E-state index contributed by atoms with van der Waals surface area (Å²) in [5, 5.41) is 12.2. The summed E-state index contributed by atoms with van der Waals surface area (Å²) in [7, 11) is 0. The Balaban J connectivity index is 2.09. The van der Waals surface area contributed by atoms with Gasteiger partial charge in [-0.2, -0.15) is 4.98 Å². The van der Waals surface area contributed by atoms with Crippen molar-refractivity contribution in [3.8, 4) is 5.88 Å². The number of fused-ring (bicyclic) bond motifs is 1. The van der Waals surface area contributed by atoms with Crippen molar-refractivity contribution in [2.24, 2.45) is 9.98 Å². The lowest BCUT2D eigenvalue weighted by Crippen LogP contribution is -2.06. The summed E-state index contributed by atoms with van der Waals surface area (Å²) >= 11 is 1.45. The molecule has 3 rings (SSSR count). The summed E-state index contributed by atoms with van der Waals surface area (Å²) in [5.41, 5.74) is 1.44. The highest BCUT2D eigenvalue weighted by Crippen LogP contribution is 2.19. The van der Waals surface area contributed by atoms with Gasteiger partial charge in [0.2, 0.25) is 5.88 Å². The third kappa shape index (κ3) is 1.91. The van der Waals surface area contributed by atoms with Gasteiger partial charge in [-0.15, -0.1) is 0 Å². The number of aromatic nitrogens is 2. The van der Waals surface area contributed by atoms with Gasteiger partial charge in [-0.3, -0.25) is 0 Å². The van der Waals surface area contributed by atoms with E-state index in [0.717, 1.165) is 16.3 Å². The van der Waals surface area contributed by atoms with Gasteiger partial charge in [0.25, 0.3) is 0 Å². The van der Waals surface area contributed by atoms with E-state index in [1.165, 1.54) is 18.1 Å². The van der Waals surface area contributed by atoms with Crippen molar-refractivity contribution >= 4 is 29.9 Å². The number of thioether (sulfide) groups is 1. The average Bonchev–Trinajstić information content (AvgIpc) is 2.96. The monoisotopic (exact) mass is 258 g/mol. The molecule has 2 heterocycles. The number of benzene rings is 1. The van der Waals surface area contributed by atoms with Gasteiger partial charge >= 0.3 is 0 Å². The summed E-state index contributed by atoms with van der Waals surface area (Å²) in [4.78, 5) is 15.3. The fourth-order valence-corrected chi connectivity index (χ4v) is 2.11. The molecule has 0 aliphatic carbocycles. The predicted octanol–water partition coefficient (Wildman–Crippen LogP) is 0.959. The van der Waals surface area contributed by atoms with Gasteiger partial charge in [0.1, 0.15) is 12.0 Å². The summed E-state index contributed by atoms with van der Waals surface area (Å²) in [6, 6.07) is 5.74. The Kier molecular flexibility index (Phi) is 2.64. The molecule has 2 aromatic rings. The van der Waals surface area contributed by atoms with Gasteiger partial charge in [0.05, 0.1) is 11.0 Å². The molecule has 5 nitrogen and oxygen atoms in total. The van der Waals surface area contributed by atoms with E-state index >= 15 is 0 Å². The van der Waals surface area contributed by atoms with Crippen LogP contribution in [0.2, 0.25) is 0 Å². The first kappa shape index (κ1) is 11.0. The summed E-state index contributed by atoms with van der Waals surface area (Å²) in [5.74, 6) is 0.00744. The second-order valence-corrected chi connectivity index (χ2v) is 4.54. The molecular weight excluding hydrogens is 248 g/mol. The molecule has 0 amide bonds. The van der Waals surface area contributed by atoms with Gasteiger partial charge in [-0.1, -0.05) is 17.8 Å². The molecule has 18 heavy (non-hydrogen) atoms. The largest absolute Gasteiger partial charge is 0.492 e. The summed E-state index contributed by atoms with van der Waals surface area (Å²) < 4.78 is 0. The smallest absolute Gasteiger partial charge is 0.237 e. The molecule has 6 heteroatoms. The molecule has 1 aromatic heterocycles. The Bertz CT molecular complexity index is 748. The van der Waals surface area contributed by atoms with Crippen molar-refractivity contribution < 1.29 is 5.11 Å². The average molecular weight is 258 g/mol. The highest BCUT2D eigenvalue weighted by atomic mass is 32.2. The number of aliphatic imine (C=N–C) groups is 1. The van der Waals surface area contributed by atoms with Crippen LogP contribution in [0.4, 0.5) is 5.69 Å². The third-order valence-corrected chi connectivity index (χ3v) is 3.17. The van der Waals surface area contributed by atoms with E-state index in [4.69, 9.17) is 0 Å². The molecular formula is C12H10N4OS. The molecule has 0 spiro atoms. The fraction of sp³-hybridized carbons (Fsp3) is 0.0833. The van der Waals surface area contributed by atoms with Gasteiger partial charge in [0.15, 0.2) is 5.16 Å². The van der Waals surface area contributed by atoms with Crippen LogP contribution in [0.15, 0.2) is 33.3 Å². The minimum atomic E-state index is 0.00744. The minimum absolute atomic E-state index is 0.00744. The summed E-state index contributed by atoms with van der Waals surface area (Å²) in [6.07, 6.45) is 5.26. The molecule has 0 radical (unpaired) electrons. The number of hydrogen-bond acceptors (Lipinski definition) is 5. The first-order valence-electron chi connectivity index (χ1n) is 5.31. The van der Waals surface area contributed by atoms with Crippen molar-refractivity contribution in [1.29, 1.82) is 0 Å². The number of aromatic amines is 1. The van der Waals surface area contributed by atoms with Crippen molar-refractivity contribution in [1.82, 2.24) is 9.97 Å². The molecule has 1 aliphatic rings. The Hall–Kier alpha value is -2.08. The highest BCUT2D eigenvalue weighted by molar-refractivity contribution is 7.98.